The summed E-state index contributed by atoms with van der Waals surface area (Å²) in [6, 6.07) is 0. The average Bonchev–Trinajstić information content (AvgIpc) is 2.18. The summed E-state index contributed by atoms with van der Waals surface area (Å²) in [7, 11) is 0. The predicted molar refractivity (Wildman–Crippen MR) is 59.6 cm³/mol. The van der Waals surface area contributed by atoms with Crippen molar-refractivity contribution in [3.05, 3.63) is 48.6 Å². The van der Waals surface area contributed by atoms with Gasteiger partial charge in [-0.1, -0.05) is 48.6 Å². The van der Waals surface area contributed by atoms with Crippen molar-refractivity contribution in [2.75, 3.05) is 0 Å². The molecule has 0 fully saturated rings. The van der Waals surface area contributed by atoms with E-state index in [2.05, 4.69) is 48.6 Å². The van der Waals surface area contributed by atoms with Crippen LogP contribution >= 0.6 is 0 Å². The largest absolute Gasteiger partial charge is 0.0882 e. The molecule has 0 radical (unpaired) electrons. The Kier molecular flexibility index (Phi) is 5.87. The van der Waals surface area contributed by atoms with E-state index >= 15 is 0 Å². The van der Waals surface area contributed by atoms with Crippen molar-refractivity contribution < 1.29 is 0 Å². The first-order valence-electron chi connectivity index (χ1n) is 5.12. The molecule has 0 aromatic carbocycles. The first-order valence-corrected chi connectivity index (χ1v) is 5.12. The number of hydrogen-bond donors (Lipinski definition) is 0. The second kappa shape index (κ2) is 7.60. The Morgan fingerprint density at radius 1 is 0.538 bits per heavy atom. The fourth-order valence-electron chi connectivity index (χ4n) is 1.25. The smallest absolute Gasteiger partial charge is 0.0166 e. The molecule has 0 saturated carbocycles. The van der Waals surface area contributed by atoms with Gasteiger partial charge in [0.2, 0.25) is 0 Å². The van der Waals surface area contributed by atoms with Gasteiger partial charge < -0.3 is 0 Å². The van der Waals surface area contributed by atoms with Gasteiger partial charge in [-0.2, -0.15) is 0 Å². The summed E-state index contributed by atoms with van der Waals surface area (Å²) in [5.41, 5.74) is 0. The third kappa shape index (κ3) is 6.15. The first-order chi connectivity index (χ1) is 6.50. The molecule has 0 bridgehead atoms. The van der Waals surface area contributed by atoms with Gasteiger partial charge in [0.15, 0.2) is 0 Å². The zero-order valence-electron chi connectivity index (χ0n) is 8.15. The SMILES string of the molecule is C1=CC/C=C/CCC/C=C\C=C\C1. The van der Waals surface area contributed by atoms with Crippen molar-refractivity contribution in [1.82, 2.24) is 0 Å². The highest BCUT2D eigenvalue weighted by atomic mass is 13.9. The zero-order valence-corrected chi connectivity index (χ0v) is 8.15. The lowest BCUT2D eigenvalue weighted by molar-refractivity contribution is 0.866. The van der Waals surface area contributed by atoms with Crippen LogP contribution < -0.4 is 0 Å². The first kappa shape index (κ1) is 10.0. The van der Waals surface area contributed by atoms with Gasteiger partial charge in [-0.3, -0.25) is 0 Å². The van der Waals surface area contributed by atoms with E-state index in [1.54, 1.807) is 0 Å². The molecule has 0 aromatic heterocycles. The third-order valence-corrected chi connectivity index (χ3v) is 2.00. The van der Waals surface area contributed by atoms with Crippen LogP contribution in [0.25, 0.3) is 0 Å². The molecule has 1 rings (SSSR count). The maximum absolute atomic E-state index is 2.28. The highest BCUT2D eigenvalue weighted by Gasteiger charge is 1.80. The number of hydrogen-bond acceptors (Lipinski definition) is 0. The Morgan fingerprint density at radius 2 is 1.15 bits per heavy atom. The predicted octanol–water partition coefficient (Wildman–Crippen LogP) is 4.18. The van der Waals surface area contributed by atoms with Crippen LogP contribution in [0.2, 0.25) is 0 Å². The number of rotatable bonds is 0. The van der Waals surface area contributed by atoms with E-state index in [1.165, 1.54) is 19.3 Å². The van der Waals surface area contributed by atoms with Gasteiger partial charge in [0.05, 0.1) is 0 Å². The molecule has 0 amide bonds. The Bertz CT molecular complexity index is 216. The van der Waals surface area contributed by atoms with Crippen LogP contribution in [0.1, 0.15) is 32.1 Å². The van der Waals surface area contributed by atoms with Crippen molar-refractivity contribution in [2.24, 2.45) is 0 Å². The molecule has 0 heteroatoms. The molecule has 0 atom stereocenters. The van der Waals surface area contributed by atoms with Gasteiger partial charge in [0.25, 0.3) is 0 Å². The molecule has 13 heavy (non-hydrogen) atoms. The fraction of sp³-hybridized carbons (Fsp3) is 0.385. The quantitative estimate of drug-likeness (QED) is 0.483. The Morgan fingerprint density at radius 3 is 2.08 bits per heavy atom. The molecule has 0 aromatic rings. The van der Waals surface area contributed by atoms with Crippen molar-refractivity contribution in [1.29, 1.82) is 0 Å². The summed E-state index contributed by atoms with van der Waals surface area (Å²) >= 11 is 0. The van der Waals surface area contributed by atoms with E-state index in [0.29, 0.717) is 0 Å². The molecule has 0 spiro atoms. The Labute approximate surface area is 81.4 Å². The van der Waals surface area contributed by atoms with Gasteiger partial charge in [-0.15, -0.1) is 0 Å². The zero-order chi connectivity index (χ0) is 9.19. The van der Waals surface area contributed by atoms with E-state index in [-0.39, 0.29) is 0 Å². The summed E-state index contributed by atoms with van der Waals surface area (Å²) in [4.78, 5) is 0. The van der Waals surface area contributed by atoms with E-state index < -0.39 is 0 Å². The second-order valence-corrected chi connectivity index (χ2v) is 3.20. The molecule has 0 nitrogen and oxygen atoms in total. The van der Waals surface area contributed by atoms with Crippen LogP contribution in [0.15, 0.2) is 48.6 Å². The van der Waals surface area contributed by atoms with Crippen LogP contribution in [0.5, 0.6) is 0 Å². The minimum Gasteiger partial charge on any atom is -0.0882 e. The third-order valence-electron chi connectivity index (χ3n) is 2.00. The maximum atomic E-state index is 2.28. The molecule has 0 aliphatic heterocycles. The minimum absolute atomic E-state index is 1.05. The van der Waals surface area contributed by atoms with Gasteiger partial charge >= 0.3 is 0 Å². The highest BCUT2D eigenvalue weighted by Crippen LogP contribution is 2.01. The lowest BCUT2D eigenvalue weighted by Crippen LogP contribution is -1.68. The van der Waals surface area contributed by atoms with E-state index in [0.717, 1.165) is 12.8 Å². The molecular weight excluding hydrogens is 156 g/mol. The van der Waals surface area contributed by atoms with Crippen LogP contribution in [-0.2, 0) is 0 Å². The lowest BCUT2D eigenvalue weighted by Gasteiger charge is -1.88. The Hall–Kier alpha value is -1.04. The van der Waals surface area contributed by atoms with Crippen molar-refractivity contribution in [3.63, 3.8) is 0 Å². The lowest BCUT2D eigenvalue weighted by atomic mass is 10.2. The molecule has 1 aliphatic carbocycles. The monoisotopic (exact) mass is 174 g/mol. The van der Waals surface area contributed by atoms with E-state index in [1.807, 2.05) is 0 Å². The molecule has 0 unspecified atom stereocenters. The minimum atomic E-state index is 1.05. The van der Waals surface area contributed by atoms with Crippen molar-refractivity contribution >= 4 is 0 Å². The molecule has 1 aliphatic rings. The fourth-order valence-corrected chi connectivity index (χ4v) is 1.25. The van der Waals surface area contributed by atoms with Gasteiger partial charge in [-0.05, 0) is 32.1 Å². The maximum Gasteiger partial charge on any atom is -0.0166 e. The standard InChI is InChI=1S/C13H18/c1-2-4-6-8-10-12-13-11-9-7-5-3-1/h1-4,7,9,12-13H,5-6,8,10-11H2/b3-1+,4-2-,9-7?,13-12+. The van der Waals surface area contributed by atoms with Gasteiger partial charge in [-0.25, -0.2) is 0 Å². The van der Waals surface area contributed by atoms with Gasteiger partial charge in [0.1, 0.15) is 0 Å². The normalized spacial score (nSPS) is 26.5. The molecule has 70 valence electrons. The van der Waals surface area contributed by atoms with Crippen LogP contribution in [0, 0.1) is 0 Å². The topological polar surface area (TPSA) is 0 Å². The van der Waals surface area contributed by atoms with Crippen LogP contribution in [0.4, 0.5) is 0 Å². The van der Waals surface area contributed by atoms with E-state index in [4.69, 9.17) is 0 Å². The second-order valence-electron chi connectivity index (χ2n) is 3.20. The van der Waals surface area contributed by atoms with Gasteiger partial charge in [0, 0.05) is 0 Å². The molecular formula is C13H18. The summed E-state index contributed by atoms with van der Waals surface area (Å²) in [5, 5.41) is 0. The molecule has 0 N–H and O–H groups in total. The summed E-state index contributed by atoms with van der Waals surface area (Å²) in [5.74, 6) is 0. The summed E-state index contributed by atoms with van der Waals surface area (Å²) in [6.45, 7) is 0. The van der Waals surface area contributed by atoms with E-state index in [9.17, 15) is 0 Å². The Balaban J connectivity index is 2.38. The van der Waals surface area contributed by atoms with Crippen molar-refractivity contribution in [3.8, 4) is 0 Å². The molecule has 0 heterocycles. The van der Waals surface area contributed by atoms with Crippen LogP contribution in [0.3, 0.4) is 0 Å². The van der Waals surface area contributed by atoms with Crippen molar-refractivity contribution in [2.45, 2.75) is 32.1 Å². The molecule has 0 saturated heterocycles. The van der Waals surface area contributed by atoms with Crippen LogP contribution in [-0.4, -0.2) is 0 Å². The average molecular weight is 174 g/mol. The highest BCUT2D eigenvalue weighted by molar-refractivity contribution is 5.06. The summed E-state index contributed by atoms with van der Waals surface area (Å²) < 4.78 is 0. The number of allylic oxidation sites excluding steroid dienone is 8. The summed E-state index contributed by atoms with van der Waals surface area (Å²) in [6.07, 6.45) is 23.5.